The van der Waals surface area contributed by atoms with Crippen LogP contribution in [0, 0.1) is 5.92 Å². The third-order valence-corrected chi connectivity index (χ3v) is 10.9. The van der Waals surface area contributed by atoms with Gasteiger partial charge in [0, 0.05) is 36.8 Å². The first-order chi connectivity index (χ1) is 24.4. The number of likely N-dealkylation sites (tertiary alicyclic amines) is 1. The number of nitrogens with one attached hydrogen (secondary N) is 1. The predicted molar refractivity (Wildman–Crippen MR) is 187 cm³/mol. The Morgan fingerprint density at radius 1 is 0.760 bits per heavy atom. The van der Waals surface area contributed by atoms with Crippen LogP contribution in [0.5, 0.6) is 0 Å². The van der Waals surface area contributed by atoms with Crippen LogP contribution in [0.15, 0.2) is 103 Å². The molecule has 4 aromatic carbocycles. The Balaban J connectivity index is 1.02. The number of aliphatic hydroxyl groups is 1. The highest BCUT2D eigenvalue weighted by atomic mass is 16.7. The first-order valence-electron chi connectivity index (χ1n) is 17.3. The summed E-state index contributed by atoms with van der Waals surface area (Å²) in [6.07, 6.45) is 0.247. The molecule has 0 unspecified atom stereocenters. The number of amides is 3. The van der Waals surface area contributed by atoms with Gasteiger partial charge in [-0.25, -0.2) is 4.90 Å². The van der Waals surface area contributed by atoms with Gasteiger partial charge in [0.25, 0.3) is 11.8 Å². The number of aliphatic hydroxyl groups excluding tert-OH is 1. The molecule has 4 heterocycles. The minimum atomic E-state index is -0.694. The molecule has 8 rings (SSSR count). The van der Waals surface area contributed by atoms with Crippen LogP contribution in [0.2, 0.25) is 0 Å². The first-order valence-corrected chi connectivity index (χ1v) is 17.3. The second-order valence-electron chi connectivity index (χ2n) is 13.7. The molecule has 10 heteroatoms. The number of imide groups is 1. The summed E-state index contributed by atoms with van der Waals surface area (Å²) in [5.74, 6) is -0.591. The minimum absolute atomic E-state index is 0.00432. The molecule has 1 spiro atoms. The molecule has 2 N–H and O–H groups in total. The predicted octanol–water partition coefficient (Wildman–Crippen LogP) is 5.20. The Bertz CT molecular complexity index is 1860. The number of para-hydroxylation sites is 1. The molecule has 3 amide bonds. The van der Waals surface area contributed by atoms with E-state index in [1.165, 1.54) is 4.90 Å². The number of piperidine rings is 1. The molecule has 3 fully saturated rings. The number of rotatable bonds is 7. The van der Waals surface area contributed by atoms with Crippen LogP contribution < -0.4 is 15.1 Å². The molecular weight excluding hydrogens is 632 g/mol. The van der Waals surface area contributed by atoms with Gasteiger partial charge in [0.05, 0.1) is 42.3 Å². The molecular formula is C40H40N4O6. The van der Waals surface area contributed by atoms with Gasteiger partial charge in [-0.15, -0.1) is 0 Å². The largest absolute Gasteiger partial charge is 0.392 e. The quantitative estimate of drug-likeness (QED) is 0.258. The lowest BCUT2D eigenvalue weighted by molar-refractivity contribution is -0.276. The van der Waals surface area contributed by atoms with Gasteiger partial charge in [-0.1, -0.05) is 73.7 Å². The van der Waals surface area contributed by atoms with E-state index in [-0.39, 0.29) is 42.5 Å². The van der Waals surface area contributed by atoms with Crippen LogP contribution in [0.1, 0.15) is 69.6 Å². The topological polar surface area (TPSA) is 112 Å². The van der Waals surface area contributed by atoms with Crippen LogP contribution in [0.3, 0.4) is 0 Å². The number of fused-ring (bicyclic) bond motifs is 1. The average Bonchev–Trinajstić information content (AvgIpc) is 3.61. The van der Waals surface area contributed by atoms with Gasteiger partial charge in [0.15, 0.2) is 6.29 Å². The fraction of sp³-hybridized carbons (Fsp3) is 0.325. The van der Waals surface area contributed by atoms with Crippen molar-refractivity contribution in [2.75, 3.05) is 36.1 Å². The Hall–Kier alpha value is -4.87. The number of carbonyl (C=O) groups excluding carboxylic acids is 3. The molecule has 4 atom stereocenters. The molecule has 0 aliphatic carbocycles. The summed E-state index contributed by atoms with van der Waals surface area (Å²) in [4.78, 5) is 45.3. The van der Waals surface area contributed by atoms with Crippen molar-refractivity contribution in [3.63, 3.8) is 0 Å². The number of hydrogen-bond acceptors (Lipinski definition) is 8. The van der Waals surface area contributed by atoms with Crippen LogP contribution in [0.4, 0.5) is 11.4 Å². The van der Waals surface area contributed by atoms with Gasteiger partial charge >= 0.3 is 0 Å². The Morgan fingerprint density at radius 2 is 1.38 bits per heavy atom. The van der Waals surface area contributed by atoms with Gasteiger partial charge in [-0.05, 0) is 60.4 Å². The minimum Gasteiger partial charge on any atom is -0.392 e. The molecule has 0 bridgehead atoms. The van der Waals surface area contributed by atoms with Crippen molar-refractivity contribution in [3.8, 4) is 0 Å². The first kappa shape index (κ1) is 32.3. The number of nitrogens with zero attached hydrogens (tertiary/aromatic N) is 3. The number of benzene rings is 4. The van der Waals surface area contributed by atoms with E-state index in [0.717, 1.165) is 35.5 Å². The molecule has 0 aromatic heterocycles. The zero-order valence-corrected chi connectivity index (χ0v) is 27.9. The third kappa shape index (κ3) is 5.58. The lowest BCUT2D eigenvalue weighted by atomic mass is 9.84. The maximum absolute atomic E-state index is 13.3. The van der Waals surface area contributed by atoms with Crippen molar-refractivity contribution in [2.24, 2.45) is 5.92 Å². The molecule has 3 saturated heterocycles. The number of ether oxygens (including phenoxy) is 2. The van der Waals surface area contributed by atoms with E-state index < -0.39 is 11.8 Å². The highest BCUT2D eigenvalue weighted by Gasteiger charge is 2.51. The van der Waals surface area contributed by atoms with Crippen molar-refractivity contribution < 1.29 is 29.0 Å². The summed E-state index contributed by atoms with van der Waals surface area (Å²) in [6, 6.07) is 32.0. The van der Waals surface area contributed by atoms with E-state index >= 15 is 0 Å². The Morgan fingerprint density at radius 3 is 2.02 bits per heavy atom. The van der Waals surface area contributed by atoms with Crippen LogP contribution in [0.25, 0.3) is 0 Å². The molecule has 10 nitrogen and oxygen atoms in total. The van der Waals surface area contributed by atoms with Crippen LogP contribution >= 0.6 is 0 Å². The smallest absolute Gasteiger partial charge is 0.266 e. The summed E-state index contributed by atoms with van der Waals surface area (Å²) in [7, 11) is 0. The molecule has 4 aliphatic rings. The van der Waals surface area contributed by atoms with Crippen LogP contribution in [-0.2, 0) is 20.9 Å². The fourth-order valence-electron chi connectivity index (χ4n) is 7.92. The van der Waals surface area contributed by atoms with Gasteiger partial charge < -0.3 is 29.7 Å². The Labute approximate surface area is 291 Å². The molecule has 50 heavy (non-hydrogen) atoms. The number of carbonyl (C=O) groups is 3. The van der Waals surface area contributed by atoms with Crippen molar-refractivity contribution >= 4 is 29.1 Å². The zero-order valence-electron chi connectivity index (χ0n) is 27.9. The van der Waals surface area contributed by atoms with Crippen molar-refractivity contribution in [3.05, 3.63) is 131 Å². The van der Waals surface area contributed by atoms with Gasteiger partial charge in [-0.2, -0.15) is 0 Å². The van der Waals surface area contributed by atoms with Gasteiger partial charge in [-0.3, -0.25) is 14.4 Å². The highest BCUT2D eigenvalue weighted by Crippen LogP contribution is 2.43. The fourth-order valence-corrected chi connectivity index (χ4v) is 7.92. The maximum atomic E-state index is 13.3. The highest BCUT2D eigenvalue weighted by molar-refractivity contribution is 6.34. The number of anilines is 2. The molecule has 256 valence electrons. The number of hydrogen-bond donors (Lipinski definition) is 2. The van der Waals surface area contributed by atoms with E-state index in [2.05, 4.69) is 34.2 Å². The Kier molecular flexibility index (Phi) is 8.48. The summed E-state index contributed by atoms with van der Waals surface area (Å²) in [5, 5.41) is 12.7. The maximum Gasteiger partial charge on any atom is 0.266 e. The summed E-state index contributed by atoms with van der Waals surface area (Å²) in [5.41, 5.74) is 4.36. The normalized spacial score (nSPS) is 24.9. The SMILES string of the molecule is C[C@H]1[C@@H](CN2CCC3(CC2)C(=O)NCN3c2ccccc2)O[C@@H](c2ccc(N3C(=O)c4ccccc4C3=O)cc2)O[C@H]1c1ccc(CO)cc1. The lowest BCUT2D eigenvalue weighted by Gasteiger charge is -2.46. The third-order valence-electron chi connectivity index (χ3n) is 10.9. The van der Waals surface area contributed by atoms with Crippen LogP contribution in [-0.4, -0.2) is 65.7 Å². The van der Waals surface area contributed by atoms with E-state index in [1.54, 1.807) is 36.4 Å². The summed E-state index contributed by atoms with van der Waals surface area (Å²) < 4.78 is 13.4. The summed E-state index contributed by atoms with van der Waals surface area (Å²) in [6.45, 7) is 4.78. The molecule has 0 radical (unpaired) electrons. The zero-order chi connectivity index (χ0) is 34.4. The van der Waals surface area contributed by atoms with E-state index in [1.807, 2.05) is 54.6 Å². The van der Waals surface area contributed by atoms with E-state index in [0.29, 0.717) is 42.9 Å². The second kappa shape index (κ2) is 13.1. The van der Waals surface area contributed by atoms with Crippen molar-refractivity contribution in [1.82, 2.24) is 10.2 Å². The summed E-state index contributed by atoms with van der Waals surface area (Å²) >= 11 is 0. The van der Waals surface area contributed by atoms with Gasteiger partial charge in [0.1, 0.15) is 5.54 Å². The molecule has 4 aliphatic heterocycles. The average molecular weight is 673 g/mol. The van der Waals surface area contributed by atoms with Crippen molar-refractivity contribution in [1.29, 1.82) is 0 Å². The van der Waals surface area contributed by atoms with E-state index in [9.17, 15) is 19.5 Å². The lowest BCUT2D eigenvalue weighted by Crippen LogP contribution is -2.57. The molecule has 4 aromatic rings. The van der Waals surface area contributed by atoms with Gasteiger partial charge in [0.2, 0.25) is 5.91 Å². The molecule has 0 saturated carbocycles. The standard InChI is InChI=1S/C40H40N4O6/c1-26-34(23-42-21-19-40(20-22-42)39(48)41-25-43(40)30-7-3-2-4-8-30)49-38(50-35(26)28-13-11-27(24-45)12-14-28)29-15-17-31(18-16-29)44-36(46)32-9-5-6-10-33(32)37(44)47/h2-18,26,34-35,38,45H,19-25H2,1H3,(H,41,48)/t26-,34+,35+,38+/m0/s1. The van der Waals surface area contributed by atoms with Crippen molar-refractivity contribution in [2.45, 2.75) is 50.4 Å². The monoisotopic (exact) mass is 672 g/mol. The van der Waals surface area contributed by atoms with E-state index in [4.69, 9.17) is 9.47 Å². The second-order valence-corrected chi connectivity index (χ2v) is 13.7.